The minimum atomic E-state index is -1.75. The molecule has 0 fully saturated rings. The molecular formula is H34Cl3Co2N12O10. The average molecular weight is 587 g/mol. The van der Waals surface area contributed by atoms with Gasteiger partial charge in [0.2, 0.25) is 0 Å². The van der Waals surface area contributed by atoms with Crippen molar-refractivity contribution >= 4 is 0 Å². The first kappa shape index (κ1) is 391. The van der Waals surface area contributed by atoms with Gasteiger partial charge in [-0.3, -0.25) is 0 Å². The van der Waals surface area contributed by atoms with E-state index in [2.05, 4.69) is 0 Å². The molecule has 22 nitrogen and oxygen atoms in total. The summed E-state index contributed by atoms with van der Waals surface area (Å²) in [4.78, 5) is 16.5. The zero-order valence-electron chi connectivity index (χ0n) is 14.0. The van der Waals surface area contributed by atoms with E-state index in [9.17, 15) is 0 Å². The van der Waals surface area contributed by atoms with Crippen LogP contribution in [0, 0.1) is 30.6 Å². The van der Waals surface area contributed by atoms with Gasteiger partial charge >= 0.3 is 33.6 Å². The molecule has 34 N–H and O–H groups in total. The molecule has 0 aliphatic rings. The Labute approximate surface area is 194 Å². The van der Waals surface area contributed by atoms with Gasteiger partial charge in [0.1, 0.15) is 0 Å². The fourth-order valence-electron chi connectivity index (χ4n) is 0. The zero-order valence-corrected chi connectivity index (χ0v) is 18.4. The maximum absolute atomic E-state index is 8.25. The summed E-state index contributed by atoms with van der Waals surface area (Å²) in [6, 6.07) is 0. The third-order valence-electron chi connectivity index (χ3n) is 0. The van der Waals surface area contributed by atoms with E-state index in [0.29, 0.717) is 0 Å². The SMILES string of the molecule is N.N.N.N.N.N.N.N.N.N.O.O.O=[N+]([O-])[O-].O=[N+]([O-])[O-].[Cl-].[Cl-].[Cl-].[Co+3].[Co+3].[O][O-]. The van der Waals surface area contributed by atoms with E-state index >= 15 is 0 Å². The second kappa shape index (κ2) is 480. The molecular weight excluding hydrogens is 552 g/mol. The van der Waals surface area contributed by atoms with Crippen LogP contribution >= 0.6 is 0 Å². The molecule has 0 heterocycles. The van der Waals surface area contributed by atoms with Crippen LogP contribution in [0.3, 0.4) is 0 Å². The van der Waals surface area contributed by atoms with Crippen molar-refractivity contribution < 1.29 is 102 Å². The van der Waals surface area contributed by atoms with Crippen molar-refractivity contribution in [1.82, 2.24) is 61.5 Å². The largest absolute Gasteiger partial charge is 3.00 e. The molecule has 0 amide bonds. The molecule has 0 atom stereocenters. The molecule has 0 spiro atoms. The van der Waals surface area contributed by atoms with Crippen molar-refractivity contribution in [2.75, 3.05) is 0 Å². The number of rotatable bonds is 0. The summed E-state index contributed by atoms with van der Waals surface area (Å²) < 4.78 is 0. The van der Waals surface area contributed by atoms with Crippen molar-refractivity contribution in [3.63, 3.8) is 0 Å². The van der Waals surface area contributed by atoms with Gasteiger partial charge in [0, 0.05) is 0 Å². The molecule has 0 saturated heterocycles. The minimum absolute atomic E-state index is 0. The van der Waals surface area contributed by atoms with Gasteiger partial charge in [-0.1, -0.05) is 0 Å². The first-order chi connectivity index (χ1) is 4.46. The van der Waals surface area contributed by atoms with Crippen LogP contribution in [-0.4, -0.2) is 21.1 Å². The van der Waals surface area contributed by atoms with E-state index in [0.717, 1.165) is 0 Å². The van der Waals surface area contributed by atoms with E-state index in [4.69, 9.17) is 41.2 Å². The Morgan fingerprint density at radius 1 is 0.407 bits per heavy atom. The number of hydrogen-bond acceptors (Lipinski definition) is 17. The first-order valence-electron chi connectivity index (χ1n) is 1.26. The molecule has 1 radical (unpaired) electrons. The topological polar surface area (TPSA) is 588 Å². The molecule has 0 aliphatic heterocycles. The van der Waals surface area contributed by atoms with E-state index in [1.807, 2.05) is 0 Å². The summed E-state index contributed by atoms with van der Waals surface area (Å²) in [6.07, 6.45) is 0. The summed E-state index contributed by atoms with van der Waals surface area (Å²) in [5.74, 6) is 0. The fraction of sp³-hybridized carbons (Fsp3) is 0. The van der Waals surface area contributed by atoms with Crippen molar-refractivity contribution in [1.29, 1.82) is 0 Å². The third-order valence-corrected chi connectivity index (χ3v) is 0. The minimum Gasteiger partial charge on any atom is -1.00 e. The van der Waals surface area contributed by atoms with Crippen LogP contribution in [-0.2, 0) is 38.8 Å². The van der Waals surface area contributed by atoms with Crippen LogP contribution in [0.15, 0.2) is 0 Å². The standard InChI is InChI=1S/3ClH.2Co.2NO3.10H3N.O2.2H2O/c;;;;;2*2-1(3)4;;;;;;;;;;;1-2;;/h3*1H;;;;;10*1H3;;2*1H2/q;;;2*+3;2*-1;;;;;;;;;;;-1;;/p-3. The van der Waals surface area contributed by atoms with Crippen LogP contribution in [0.2, 0.25) is 0 Å². The van der Waals surface area contributed by atoms with Crippen LogP contribution < -0.4 is 104 Å². The van der Waals surface area contributed by atoms with Gasteiger partial charge < -0.3 is 151 Å². The van der Waals surface area contributed by atoms with E-state index in [1.165, 1.54) is 0 Å². The quantitative estimate of drug-likeness (QED) is 0.0714. The molecule has 0 unspecified atom stereocenters. The van der Waals surface area contributed by atoms with E-state index in [1.54, 1.807) is 0 Å². The Hall–Kier alpha value is -0.277. The Balaban J connectivity index is -0.00000000117. The van der Waals surface area contributed by atoms with E-state index < -0.39 is 10.2 Å². The molecule has 27 heavy (non-hydrogen) atoms. The predicted molar refractivity (Wildman–Crippen MR) is 78.9 cm³/mol. The number of halogens is 3. The molecule has 27 heteroatoms. The average Bonchev–Trinajstić information content (AvgIpc) is 1.66. The van der Waals surface area contributed by atoms with Gasteiger partial charge in [-0.15, -0.1) is 0 Å². The van der Waals surface area contributed by atoms with Crippen molar-refractivity contribution in [3.05, 3.63) is 30.6 Å². The first-order valence-corrected chi connectivity index (χ1v) is 1.26. The number of hydrogen-bond donors (Lipinski definition) is 10. The monoisotopic (exact) mass is 585 g/mol. The fourth-order valence-corrected chi connectivity index (χ4v) is 0. The maximum Gasteiger partial charge on any atom is 3.00 e. The van der Waals surface area contributed by atoms with Crippen LogP contribution in [0.1, 0.15) is 0 Å². The van der Waals surface area contributed by atoms with Crippen LogP contribution in [0.5, 0.6) is 0 Å². The van der Waals surface area contributed by atoms with Crippen molar-refractivity contribution in [2.45, 2.75) is 0 Å². The maximum atomic E-state index is 8.25. The normalized spacial score (nSPS) is 2.00. The van der Waals surface area contributed by atoms with Gasteiger partial charge in [0.25, 0.3) is 0 Å². The van der Waals surface area contributed by atoms with Crippen LogP contribution in [0.4, 0.5) is 0 Å². The molecule has 0 aromatic carbocycles. The van der Waals surface area contributed by atoms with Gasteiger partial charge in [-0.2, -0.15) is 0 Å². The molecule has 0 aromatic heterocycles. The zero-order chi connectivity index (χ0) is 9.15. The summed E-state index contributed by atoms with van der Waals surface area (Å²) in [6.45, 7) is 0. The summed E-state index contributed by atoms with van der Waals surface area (Å²) in [5.41, 5.74) is 0. The summed E-state index contributed by atoms with van der Waals surface area (Å²) in [7, 11) is 0. The second-order valence-electron chi connectivity index (χ2n) is 0.447. The molecule has 0 rings (SSSR count). The summed E-state index contributed by atoms with van der Waals surface area (Å²) >= 11 is 0. The third kappa shape index (κ3) is 189000. The molecule has 0 aromatic rings. The van der Waals surface area contributed by atoms with Crippen molar-refractivity contribution in [3.8, 4) is 0 Å². The second-order valence-corrected chi connectivity index (χ2v) is 0.447. The summed E-state index contributed by atoms with van der Waals surface area (Å²) in [5, 5.41) is 43.5. The number of nitrogens with zero attached hydrogens (tertiary/aromatic N) is 2. The predicted octanol–water partition coefficient (Wildman–Crippen LogP) is -10.8. The Bertz CT molecular complexity index is 103. The Morgan fingerprint density at radius 3 is 0.407 bits per heavy atom. The van der Waals surface area contributed by atoms with E-state index in [-0.39, 0.29) is 143 Å². The Morgan fingerprint density at radius 2 is 0.407 bits per heavy atom. The Kier molecular flexibility index (Phi) is 6960. The molecule has 0 saturated carbocycles. The van der Waals surface area contributed by atoms with Crippen molar-refractivity contribution in [2.24, 2.45) is 0 Å². The van der Waals surface area contributed by atoms with Gasteiger partial charge in [-0.25, -0.2) is 0 Å². The van der Waals surface area contributed by atoms with Gasteiger partial charge in [0.05, 0.1) is 10.2 Å². The smallest absolute Gasteiger partial charge is 1.00 e. The molecule has 193 valence electrons. The van der Waals surface area contributed by atoms with Gasteiger partial charge in [0.15, 0.2) is 0 Å². The van der Waals surface area contributed by atoms with Gasteiger partial charge in [-0.05, 0) is 0 Å². The molecule has 0 bridgehead atoms. The molecule has 0 aliphatic carbocycles. The van der Waals surface area contributed by atoms with Crippen LogP contribution in [0.25, 0.3) is 0 Å².